The smallest absolute Gasteiger partial charge is 0.322 e. The van der Waals surface area contributed by atoms with Gasteiger partial charge in [-0.15, -0.1) is 4.91 Å². The van der Waals surface area contributed by atoms with Crippen LogP contribution in [0.4, 0.5) is 5.69 Å². The Hall–Kier alpha value is -2.80. The van der Waals surface area contributed by atoms with Crippen LogP contribution in [0.15, 0.2) is 40.4 Å². The molecule has 1 aromatic heterocycles. The molecule has 1 aliphatic rings. The van der Waals surface area contributed by atoms with E-state index >= 15 is 0 Å². The number of aromatic nitrogens is 1. The van der Waals surface area contributed by atoms with Crippen molar-refractivity contribution in [1.82, 2.24) is 4.57 Å². The van der Waals surface area contributed by atoms with E-state index in [1.165, 1.54) is 17.3 Å². The summed E-state index contributed by atoms with van der Waals surface area (Å²) in [5.41, 5.74) is 2.69. The van der Waals surface area contributed by atoms with Gasteiger partial charge in [-0.2, -0.15) is 0 Å². The van der Waals surface area contributed by atoms with Gasteiger partial charge in [0, 0.05) is 36.1 Å². The van der Waals surface area contributed by atoms with E-state index in [0.717, 1.165) is 23.2 Å². The van der Waals surface area contributed by atoms with Crippen molar-refractivity contribution in [2.45, 2.75) is 19.4 Å². The van der Waals surface area contributed by atoms with Gasteiger partial charge in [-0.1, -0.05) is 12.1 Å². The number of nitroso groups, excluding NO2 is 1. The fraction of sp³-hybridized carbons (Fsp3) is 0.250. The Morgan fingerprint density at radius 3 is 2.83 bits per heavy atom. The molecule has 0 saturated heterocycles. The molecule has 1 aromatic carbocycles. The Morgan fingerprint density at radius 2 is 2.17 bits per heavy atom. The van der Waals surface area contributed by atoms with Crippen LogP contribution in [0.3, 0.4) is 0 Å². The molecule has 7 nitrogen and oxygen atoms in total. The number of carbonyl (C=O) groups is 1. The maximum Gasteiger partial charge on any atom is 0.322 e. The van der Waals surface area contributed by atoms with Crippen molar-refractivity contribution in [3.63, 3.8) is 0 Å². The molecule has 23 heavy (non-hydrogen) atoms. The standard InChI is InChI=1S/C16H16N4O3/c1-9-6-10-4-3-5-12(19(2)17)15(10)13-7-14(21)11(8-20(9)13)16(22)18-23/h3-5,7-9H,6,17H2,1-2H3. The van der Waals surface area contributed by atoms with Gasteiger partial charge in [0.15, 0.2) is 5.43 Å². The predicted octanol–water partition coefficient (Wildman–Crippen LogP) is 1.85. The third kappa shape index (κ3) is 2.35. The number of pyridine rings is 1. The summed E-state index contributed by atoms with van der Waals surface area (Å²) >= 11 is 0. The maximum absolute atomic E-state index is 12.2. The number of benzene rings is 1. The molecule has 0 radical (unpaired) electrons. The van der Waals surface area contributed by atoms with Gasteiger partial charge in [-0.3, -0.25) is 9.59 Å². The Morgan fingerprint density at radius 1 is 1.43 bits per heavy atom. The molecule has 1 aliphatic heterocycles. The molecule has 0 bridgehead atoms. The molecular formula is C16H16N4O3. The molecule has 2 aromatic rings. The molecule has 1 amide bonds. The molecule has 1 atom stereocenters. The predicted molar refractivity (Wildman–Crippen MR) is 87.3 cm³/mol. The lowest BCUT2D eigenvalue weighted by Gasteiger charge is -2.31. The first-order valence-electron chi connectivity index (χ1n) is 7.18. The Labute approximate surface area is 132 Å². The number of carbonyl (C=O) groups excluding carboxylic acids is 1. The third-order valence-corrected chi connectivity index (χ3v) is 4.15. The summed E-state index contributed by atoms with van der Waals surface area (Å²) in [6, 6.07) is 7.20. The lowest BCUT2D eigenvalue weighted by atomic mass is 9.91. The van der Waals surface area contributed by atoms with E-state index in [1.54, 1.807) is 7.05 Å². The molecule has 3 rings (SSSR count). The highest BCUT2D eigenvalue weighted by atomic mass is 16.3. The Balaban J connectivity index is 2.33. The summed E-state index contributed by atoms with van der Waals surface area (Å²) < 4.78 is 1.83. The van der Waals surface area contributed by atoms with Crippen molar-refractivity contribution in [2.75, 3.05) is 12.1 Å². The van der Waals surface area contributed by atoms with E-state index in [1.807, 2.05) is 29.7 Å². The Bertz CT molecular complexity index is 870. The largest absolute Gasteiger partial charge is 0.343 e. The van der Waals surface area contributed by atoms with Crippen LogP contribution < -0.4 is 16.3 Å². The van der Waals surface area contributed by atoms with Gasteiger partial charge < -0.3 is 9.58 Å². The number of fused-ring (bicyclic) bond motifs is 3. The van der Waals surface area contributed by atoms with Crippen molar-refractivity contribution in [3.8, 4) is 11.3 Å². The quantitative estimate of drug-likeness (QED) is 0.518. The topological polar surface area (TPSA) is 97.8 Å². The molecule has 118 valence electrons. The second-order valence-electron chi connectivity index (χ2n) is 5.72. The minimum atomic E-state index is -1.05. The highest BCUT2D eigenvalue weighted by Gasteiger charge is 2.26. The number of anilines is 1. The molecule has 0 saturated carbocycles. The van der Waals surface area contributed by atoms with E-state index in [9.17, 15) is 14.5 Å². The molecule has 0 fully saturated rings. The van der Waals surface area contributed by atoms with Gasteiger partial charge in [-0.05, 0) is 25.0 Å². The van der Waals surface area contributed by atoms with E-state index in [4.69, 9.17) is 5.84 Å². The maximum atomic E-state index is 12.2. The van der Waals surface area contributed by atoms with Gasteiger partial charge in [0.05, 0.1) is 11.4 Å². The van der Waals surface area contributed by atoms with E-state index < -0.39 is 11.3 Å². The third-order valence-electron chi connectivity index (χ3n) is 4.15. The van der Waals surface area contributed by atoms with Gasteiger partial charge in [0.1, 0.15) is 5.56 Å². The lowest BCUT2D eigenvalue weighted by molar-refractivity contribution is 0.0999. The Kier molecular flexibility index (Phi) is 3.57. The van der Waals surface area contributed by atoms with Crippen molar-refractivity contribution >= 4 is 11.6 Å². The van der Waals surface area contributed by atoms with Crippen LogP contribution in [0.25, 0.3) is 11.3 Å². The summed E-state index contributed by atoms with van der Waals surface area (Å²) in [5, 5.41) is 3.85. The van der Waals surface area contributed by atoms with Gasteiger partial charge >= 0.3 is 5.91 Å². The molecule has 0 spiro atoms. The summed E-state index contributed by atoms with van der Waals surface area (Å²) in [6.45, 7) is 1.98. The van der Waals surface area contributed by atoms with Crippen LogP contribution in [0.1, 0.15) is 28.9 Å². The minimum Gasteiger partial charge on any atom is -0.343 e. The molecule has 2 heterocycles. The average Bonchev–Trinajstić information content (AvgIpc) is 2.53. The number of hydrogen-bond donors (Lipinski definition) is 1. The monoisotopic (exact) mass is 312 g/mol. The zero-order valence-corrected chi connectivity index (χ0v) is 12.8. The van der Waals surface area contributed by atoms with Crippen LogP contribution in [-0.4, -0.2) is 17.5 Å². The first kappa shape index (κ1) is 15.1. The van der Waals surface area contributed by atoms with Crippen LogP contribution in [0.5, 0.6) is 0 Å². The summed E-state index contributed by atoms with van der Waals surface area (Å²) in [4.78, 5) is 34.2. The zero-order valence-electron chi connectivity index (χ0n) is 12.8. The molecule has 7 heteroatoms. The van der Waals surface area contributed by atoms with Gasteiger partial charge in [0.2, 0.25) is 0 Å². The van der Waals surface area contributed by atoms with Gasteiger partial charge in [0.25, 0.3) is 0 Å². The van der Waals surface area contributed by atoms with Gasteiger partial charge in [-0.25, -0.2) is 5.84 Å². The SMILES string of the molecule is CC1Cc2cccc(N(C)N)c2-c2cc(=O)c(C(=O)N=O)cn21. The van der Waals surface area contributed by atoms with Crippen molar-refractivity contribution in [2.24, 2.45) is 11.0 Å². The summed E-state index contributed by atoms with van der Waals surface area (Å²) in [5.74, 6) is 4.85. The molecule has 2 N–H and O–H groups in total. The number of rotatable bonds is 2. The molecule has 0 aliphatic carbocycles. The van der Waals surface area contributed by atoms with Crippen molar-refractivity contribution in [1.29, 1.82) is 0 Å². The van der Waals surface area contributed by atoms with Crippen LogP contribution in [-0.2, 0) is 6.42 Å². The summed E-state index contributed by atoms with van der Waals surface area (Å²) in [6.07, 6.45) is 2.15. The van der Waals surface area contributed by atoms with E-state index in [-0.39, 0.29) is 11.6 Å². The van der Waals surface area contributed by atoms with Crippen LogP contribution in [0.2, 0.25) is 0 Å². The highest BCUT2D eigenvalue weighted by Crippen LogP contribution is 2.39. The number of hydrogen-bond acceptors (Lipinski definition) is 5. The van der Waals surface area contributed by atoms with Crippen molar-refractivity contribution < 1.29 is 4.79 Å². The molecule has 1 unspecified atom stereocenters. The lowest BCUT2D eigenvalue weighted by Crippen LogP contribution is -2.29. The second kappa shape index (κ2) is 5.44. The second-order valence-corrected chi connectivity index (χ2v) is 5.72. The highest BCUT2D eigenvalue weighted by molar-refractivity contribution is 5.95. The zero-order chi connectivity index (χ0) is 16.7. The minimum absolute atomic E-state index is 0.0367. The number of amides is 1. The van der Waals surface area contributed by atoms with E-state index in [0.29, 0.717) is 5.69 Å². The first-order chi connectivity index (χ1) is 10.9. The van der Waals surface area contributed by atoms with Crippen LogP contribution >= 0.6 is 0 Å². The normalized spacial score (nSPS) is 15.5. The summed E-state index contributed by atoms with van der Waals surface area (Å²) in [7, 11) is 1.73. The van der Waals surface area contributed by atoms with Crippen LogP contribution in [0, 0.1) is 4.91 Å². The number of hydrazine groups is 1. The van der Waals surface area contributed by atoms with Crippen molar-refractivity contribution in [3.05, 3.63) is 56.7 Å². The first-order valence-corrected chi connectivity index (χ1v) is 7.18. The number of nitrogens with two attached hydrogens (primary N) is 1. The fourth-order valence-electron chi connectivity index (χ4n) is 3.09. The number of nitrogens with zero attached hydrogens (tertiary/aromatic N) is 3. The average molecular weight is 312 g/mol. The molecular weight excluding hydrogens is 296 g/mol. The van der Waals surface area contributed by atoms with E-state index in [2.05, 4.69) is 5.18 Å². The fourth-order valence-corrected chi connectivity index (χ4v) is 3.09.